The molecule has 0 atom stereocenters. The molecule has 0 unspecified atom stereocenters. The molecule has 0 radical (unpaired) electrons. The highest BCUT2D eigenvalue weighted by Gasteiger charge is 2.25. The Morgan fingerprint density at radius 1 is 0.321 bits per heavy atom. The number of para-hydroxylation sites is 2. The second-order valence-electron chi connectivity index (χ2n) is 37.0. The second kappa shape index (κ2) is 38.8. The number of anilines is 8. The highest BCUT2D eigenvalue weighted by Crippen LogP contribution is 2.38. The van der Waals surface area contributed by atoms with E-state index in [1.165, 1.54) is 88.3 Å². The Hall–Kier alpha value is -16.2. The summed E-state index contributed by atoms with van der Waals surface area (Å²) in [5.41, 5.74) is 35.6. The minimum atomic E-state index is -0.149. The molecular weight excluding hydrogens is 1760 g/mol. The maximum absolute atomic E-state index is 9.71. The van der Waals surface area contributed by atoms with Crippen molar-refractivity contribution in [1.82, 2.24) is 97.5 Å². The first kappa shape index (κ1) is 91.6. The predicted molar refractivity (Wildman–Crippen MR) is 569 cm³/mol. The van der Waals surface area contributed by atoms with Crippen LogP contribution in [0.2, 0.25) is 0 Å². The third-order valence-electron chi connectivity index (χ3n) is 27.0. The molecule has 2 aliphatic rings. The van der Waals surface area contributed by atoms with Gasteiger partial charge in [0.15, 0.2) is 45.7 Å². The van der Waals surface area contributed by atoms with Crippen LogP contribution in [-0.2, 0) is 7.05 Å². The first-order valence-corrected chi connectivity index (χ1v) is 48.2. The summed E-state index contributed by atoms with van der Waals surface area (Å²) in [6.07, 6.45) is 18.2. The van der Waals surface area contributed by atoms with Gasteiger partial charge in [-0.05, 0) is 347 Å². The second-order valence-corrected chi connectivity index (χ2v) is 38.1. The normalized spacial score (nSPS) is 14.8. The fourth-order valence-corrected chi connectivity index (χ4v) is 19.5. The monoisotopic (exact) mass is 1870 g/mol. The number of aliphatic hydroxyl groups is 2. The molecule has 0 aliphatic heterocycles. The first-order chi connectivity index (χ1) is 67.5. The van der Waals surface area contributed by atoms with E-state index in [-0.39, 0.29) is 19.6 Å². The molecule has 2 saturated carbocycles. The Balaban J connectivity index is 0.000000107. The van der Waals surface area contributed by atoms with Gasteiger partial charge < -0.3 is 56.3 Å². The summed E-state index contributed by atoms with van der Waals surface area (Å²) in [5.74, 6) is 4.03. The zero-order chi connectivity index (χ0) is 95.4. The summed E-state index contributed by atoms with van der Waals surface area (Å²) in [4.78, 5) is 38.7. The van der Waals surface area contributed by atoms with Crippen molar-refractivity contribution in [3.8, 4) is 56.1 Å². The van der Waals surface area contributed by atoms with Crippen LogP contribution in [0.5, 0.6) is 0 Å². The third kappa shape index (κ3) is 19.1. The number of thiophene rings is 1. The highest BCUT2D eigenvalue weighted by atomic mass is 32.1. The SMILES string of the molecule is C.Cc1ccc(Nc2ccc3ncc(-c4cc5cc(C)c(C)cc5[nH]4)n3n2)cc1C.Cc1ccc(Nc2ccc3ncc(-c4cc5cccc(C)c5[nH]4)n3n2)cc1C.Cc1ccc(Nc2ccc3ncc(-c4cc5ncccc5s4)n3n2)cc1C.Cc1ccc2c(c1)cc(-c1cnc3ccc(NC4CCC(O)CC4)nn13)n2C.Cc1cccc2cc(-c3cnc4ccc(NC5CCC(O)CC5)nn34)[nH]c12. The molecule has 25 rings (SSSR count). The molecule has 16 aromatic heterocycles. The lowest BCUT2D eigenvalue weighted by Gasteiger charge is -2.26. The van der Waals surface area contributed by atoms with E-state index in [0.29, 0.717) is 12.1 Å². The number of imidazole rings is 5. The van der Waals surface area contributed by atoms with Crippen LogP contribution in [0.3, 0.4) is 0 Å². The van der Waals surface area contributed by atoms with Crippen molar-refractivity contribution in [3.63, 3.8) is 0 Å². The summed E-state index contributed by atoms with van der Waals surface area (Å²) in [5, 5.41) is 65.4. The fourth-order valence-electron chi connectivity index (χ4n) is 18.5. The lowest BCUT2D eigenvalue weighted by Crippen LogP contribution is -2.28. The average Bonchev–Trinajstić information content (AvgIpc) is 1.63. The number of aromatic nitrogens is 20. The maximum Gasteiger partial charge on any atom is 0.154 e. The number of hydrogen-bond acceptors (Lipinski definition) is 19. The van der Waals surface area contributed by atoms with Crippen molar-refractivity contribution in [3.05, 3.63) is 323 Å². The van der Waals surface area contributed by atoms with Crippen LogP contribution in [-0.4, -0.2) is 132 Å². The molecule has 28 heteroatoms. The van der Waals surface area contributed by atoms with E-state index in [1.807, 2.05) is 126 Å². The van der Waals surface area contributed by atoms with Crippen LogP contribution in [0, 0.1) is 76.2 Å². The van der Waals surface area contributed by atoms with E-state index in [1.54, 1.807) is 11.3 Å². The van der Waals surface area contributed by atoms with Crippen LogP contribution in [0.25, 0.3) is 138 Å². The van der Waals surface area contributed by atoms with E-state index in [2.05, 4.69) is 317 Å². The highest BCUT2D eigenvalue weighted by molar-refractivity contribution is 7.22. The zero-order valence-electron chi connectivity index (χ0n) is 79.7. The van der Waals surface area contributed by atoms with Crippen molar-refractivity contribution < 1.29 is 10.2 Å². The standard InChI is InChI=1S/C24H23N5.C23H21N5.C22H25N5O.C21H23N5O.C21H17N5S.CH4/c1-14-5-6-19(10-16(14)3)26-23-7-8-24-25-13-22(29(24)28-23)21-12-18-9-15(2)17(4)11-20(18)27-21;1-14-7-8-18(11-16(14)3)25-21-9-10-22-24-13-20(28(22)27-21)19-12-17-6-4-5-15(2)23(17)26-19;1-14-3-8-18-15(11-14)12-19(26(18)2)20-13-23-22-10-9-21(25-27(20)22)24-16-4-6-17(28)7-5-16;1-13-3-2-4-14-11-17(24-21(13)14)18-12-22-20-10-9-19(25-26(18)20)23-15-5-7-16(27)8-6-15;1-13-5-6-15(10-14(13)2)24-20-7-8-21-23-12-17(26(21)25-20)19-11-16-18(27-19)4-3-9-22-16;/h5-13,27H,1-4H3,(H,26,28);4-13,26H,1-3H3,(H,25,27);3,8-13,16-17,28H,4-7H2,1-2H3,(H,24,25);2-4,9-12,15-16,24,27H,5-8H2,1H3,(H,23,25);3-12H,1-2H3,(H,24,25);1H4. The van der Waals surface area contributed by atoms with E-state index >= 15 is 0 Å². The Morgan fingerprint density at radius 3 is 1.17 bits per heavy atom. The molecule has 27 nitrogen and oxygen atoms in total. The molecule has 0 amide bonds. The summed E-state index contributed by atoms with van der Waals surface area (Å²) in [6.45, 7) is 23.3. The summed E-state index contributed by atoms with van der Waals surface area (Å²) in [7, 11) is 2.09. The van der Waals surface area contributed by atoms with Gasteiger partial charge in [-0.2, -0.15) is 0 Å². The number of fused-ring (bicyclic) bond motifs is 10. The number of H-pyrrole nitrogens is 3. The number of benzene rings is 7. The number of aryl methyl sites for hydroxylation is 12. The molecule has 0 spiro atoms. The van der Waals surface area contributed by atoms with Crippen LogP contribution in [0.1, 0.15) is 120 Å². The number of aromatic amines is 3. The molecule has 0 bridgehead atoms. The fraction of sp³-hybridized carbons (Fsp3) is 0.223. The van der Waals surface area contributed by atoms with Gasteiger partial charge in [0.1, 0.15) is 40.1 Å². The van der Waals surface area contributed by atoms with Gasteiger partial charge in [-0.25, -0.2) is 47.5 Å². The quantitative estimate of drug-likeness (QED) is 0.0456. The number of nitrogens with one attached hydrogen (secondary N) is 8. The number of hydrogen-bond donors (Lipinski definition) is 10. The van der Waals surface area contributed by atoms with E-state index in [9.17, 15) is 10.2 Å². The molecule has 0 saturated heterocycles. The van der Waals surface area contributed by atoms with E-state index in [4.69, 9.17) is 25.5 Å². The number of aliphatic hydroxyl groups excluding tert-OH is 2. The van der Waals surface area contributed by atoms with Crippen molar-refractivity contribution in [2.75, 3.05) is 26.6 Å². The van der Waals surface area contributed by atoms with Gasteiger partial charge in [-0.3, -0.25) is 4.98 Å². The molecule has 23 aromatic rings. The first-order valence-electron chi connectivity index (χ1n) is 47.3. The molecule has 704 valence electrons. The van der Waals surface area contributed by atoms with E-state index < -0.39 is 0 Å². The predicted octanol–water partition coefficient (Wildman–Crippen LogP) is 25.2. The zero-order valence-corrected chi connectivity index (χ0v) is 80.5. The Labute approximate surface area is 814 Å². The summed E-state index contributed by atoms with van der Waals surface area (Å²) >= 11 is 1.70. The largest absolute Gasteiger partial charge is 0.393 e. The minimum Gasteiger partial charge on any atom is -0.393 e. The third-order valence-corrected chi connectivity index (χ3v) is 28.2. The van der Waals surface area contributed by atoms with Crippen molar-refractivity contribution in [2.24, 2.45) is 7.05 Å². The van der Waals surface area contributed by atoms with Crippen molar-refractivity contribution >= 4 is 140 Å². The molecule has 7 aromatic carbocycles. The van der Waals surface area contributed by atoms with Gasteiger partial charge in [0.2, 0.25) is 0 Å². The van der Waals surface area contributed by atoms with Crippen molar-refractivity contribution in [1.29, 1.82) is 0 Å². The molecule has 2 fully saturated rings. The lowest BCUT2D eigenvalue weighted by molar-refractivity contribution is 0.125. The molecule has 2 aliphatic carbocycles. The van der Waals surface area contributed by atoms with Crippen LogP contribution in [0.15, 0.2) is 262 Å². The van der Waals surface area contributed by atoms with Gasteiger partial charge in [-0.15, -0.1) is 36.8 Å². The van der Waals surface area contributed by atoms with E-state index in [0.717, 1.165) is 209 Å². The number of nitrogens with zero attached hydrogens (tertiary/aromatic N) is 17. The number of pyridine rings is 1. The average molecular weight is 1870 g/mol. The van der Waals surface area contributed by atoms with Gasteiger partial charge in [0.25, 0.3) is 0 Å². The summed E-state index contributed by atoms with van der Waals surface area (Å²) < 4.78 is 12.8. The van der Waals surface area contributed by atoms with Gasteiger partial charge in [-0.1, -0.05) is 73.7 Å². The van der Waals surface area contributed by atoms with Gasteiger partial charge in [0.05, 0.1) is 81.1 Å². The van der Waals surface area contributed by atoms with Crippen LogP contribution < -0.4 is 26.6 Å². The Bertz CT molecular complexity index is 8450. The Morgan fingerprint density at radius 2 is 0.721 bits per heavy atom. The lowest BCUT2D eigenvalue weighted by atomic mass is 9.93. The van der Waals surface area contributed by atoms with Crippen LogP contribution >= 0.6 is 11.3 Å². The summed E-state index contributed by atoms with van der Waals surface area (Å²) in [6, 6.07) is 77.8. The molecule has 16 heterocycles. The molecule has 10 N–H and O–H groups in total. The minimum absolute atomic E-state index is 0. The van der Waals surface area contributed by atoms with Gasteiger partial charge >= 0.3 is 0 Å². The number of rotatable bonds is 15. The maximum atomic E-state index is 9.71. The van der Waals surface area contributed by atoms with Crippen LogP contribution in [0.4, 0.5) is 46.2 Å². The Kier molecular flexibility index (Phi) is 25.4. The smallest absolute Gasteiger partial charge is 0.154 e. The van der Waals surface area contributed by atoms with Crippen molar-refractivity contribution in [2.45, 2.75) is 159 Å². The molecule has 140 heavy (non-hydrogen) atoms. The topological polar surface area (TPSA) is 317 Å². The van der Waals surface area contributed by atoms with Gasteiger partial charge in [0, 0.05) is 86.0 Å². The molecular formula is C112H113N25O2S.